The first-order valence-corrected chi connectivity index (χ1v) is 9.58. The van der Waals surface area contributed by atoms with Crippen molar-refractivity contribution in [1.29, 1.82) is 0 Å². The summed E-state index contributed by atoms with van der Waals surface area (Å²) in [6, 6.07) is 15.2. The van der Waals surface area contributed by atoms with E-state index in [1.807, 2.05) is 12.1 Å². The van der Waals surface area contributed by atoms with Crippen molar-refractivity contribution in [3.63, 3.8) is 0 Å². The number of nitrogens with one attached hydrogen (secondary N) is 1. The average Bonchev–Trinajstić information content (AvgIpc) is 3.35. The van der Waals surface area contributed by atoms with E-state index in [1.165, 1.54) is 12.1 Å². The van der Waals surface area contributed by atoms with Gasteiger partial charge in [-0.25, -0.2) is 9.59 Å². The third-order valence-electron chi connectivity index (χ3n) is 5.15. The number of nitrogens with zero attached hydrogens (tertiary/aromatic N) is 2. The summed E-state index contributed by atoms with van der Waals surface area (Å²) in [6.07, 6.45) is 0.736. The lowest BCUT2D eigenvalue weighted by Crippen LogP contribution is -2.03. The number of carbonyl (C=O) groups is 3. The van der Waals surface area contributed by atoms with Gasteiger partial charge in [-0.1, -0.05) is 18.2 Å². The minimum atomic E-state index is -1.02. The number of hydrogen-bond donors (Lipinski definition) is 3. The van der Waals surface area contributed by atoms with Crippen LogP contribution in [0, 0.1) is 0 Å². The lowest BCUT2D eigenvalue weighted by Gasteiger charge is -2.01. The van der Waals surface area contributed by atoms with Crippen LogP contribution in [0.15, 0.2) is 54.6 Å². The minimum Gasteiger partial charge on any atom is -0.478 e. The molecule has 4 rings (SSSR count). The number of aryl methyl sites for hydroxylation is 2. The molecule has 2 aromatic carbocycles. The predicted molar refractivity (Wildman–Crippen MR) is 114 cm³/mol. The Kier molecular flexibility index (Phi) is 5.12. The topological polar surface area (TPSA) is 125 Å². The van der Waals surface area contributed by atoms with Gasteiger partial charge in [-0.05, 0) is 48.4 Å². The Labute approximate surface area is 176 Å². The second-order valence-electron chi connectivity index (χ2n) is 7.25. The van der Waals surface area contributed by atoms with Crippen LogP contribution >= 0.6 is 0 Å². The molecule has 0 amide bonds. The molecule has 4 aromatic rings. The smallest absolute Gasteiger partial charge is 0.352 e. The number of H-pyrrole nitrogens is 1. The highest BCUT2D eigenvalue weighted by Gasteiger charge is 2.15. The molecule has 0 aliphatic heterocycles. The Morgan fingerprint density at radius 3 is 2.39 bits per heavy atom. The number of carboxylic acids is 2. The van der Waals surface area contributed by atoms with Gasteiger partial charge in [-0.3, -0.25) is 9.48 Å². The number of rotatable bonds is 7. The van der Waals surface area contributed by atoms with Crippen LogP contribution in [0.1, 0.15) is 43.3 Å². The van der Waals surface area contributed by atoms with Crippen molar-refractivity contribution in [3.05, 3.63) is 77.1 Å². The third kappa shape index (κ3) is 4.09. The number of aromatic carboxylic acids is 2. The van der Waals surface area contributed by atoms with Crippen LogP contribution in [0.3, 0.4) is 0 Å². The number of carboxylic acid groups (broad SMARTS) is 2. The molecule has 0 spiro atoms. The molecule has 2 heterocycles. The van der Waals surface area contributed by atoms with E-state index in [0.29, 0.717) is 17.6 Å². The van der Waals surface area contributed by atoms with Gasteiger partial charge in [0.15, 0.2) is 5.78 Å². The van der Waals surface area contributed by atoms with Gasteiger partial charge in [0.05, 0.1) is 11.3 Å². The van der Waals surface area contributed by atoms with E-state index in [1.54, 1.807) is 42.1 Å². The van der Waals surface area contributed by atoms with Gasteiger partial charge in [0, 0.05) is 29.9 Å². The highest BCUT2D eigenvalue weighted by Crippen LogP contribution is 2.26. The monoisotopic (exact) mass is 417 g/mol. The zero-order chi connectivity index (χ0) is 22.1. The van der Waals surface area contributed by atoms with E-state index in [2.05, 4.69) is 10.1 Å². The second kappa shape index (κ2) is 7.91. The van der Waals surface area contributed by atoms with Gasteiger partial charge >= 0.3 is 11.9 Å². The summed E-state index contributed by atoms with van der Waals surface area (Å²) in [6.45, 7) is 0. The van der Waals surface area contributed by atoms with E-state index in [0.717, 1.165) is 22.2 Å². The molecule has 2 aromatic heterocycles. The molecule has 0 atom stereocenters. The van der Waals surface area contributed by atoms with Crippen molar-refractivity contribution in [1.82, 2.24) is 14.8 Å². The van der Waals surface area contributed by atoms with Gasteiger partial charge in [0.2, 0.25) is 0 Å². The van der Waals surface area contributed by atoms with E-state index in [-0.39, 0.29) is 23.5 Å². The Balaban J connectivity index is 1.51. The number of Topliss-reactive ketones (excluding diaryl/α,β-unsaturated/α-hetero) is 1. The van der Waals surface area contributed by atoms with Crippen LogP contribution < -0.4 is 0 Å². The minimum absolute atomic E-state index is 0.111. The molecule has 156 valence electrons. The molecule has 0 fully saturated rings. The number of aromatic amines is 1. The summed E-state index contributed by atoms with van der Waals surface area (Å²) in [5.41, 5.74) is 3.83. The average molecular weight is 417 g/mol. The zero-order valence-corrected chi connectivity index (χ0v) is 16.6. The molecule has 0 bridgehead atoms. The summed E-state index contributed by atoms with van der Waals surface area (Å²) >= 11 is 0. The van der Waals surface area contributed by atoms with Gasteiger partial charge in [-0.2, -0.15) is 5.10 Å². The number of benzene rings is 2. The van der Waals surface area contributed by atoms with E-state index in [4.69, 9.17) is 10.2 Å². The maximum absolute atomic E-state index is 12.6. The fourth-order valence-electron chi connectivity index (χ4n) is 3.48. The van der Waals surface area contributed by atoms with Crippen molar-refractivity contribution >= 4 is 28.6 Å². The first-order chi connectivity index (χ1) is 14.8. The van der Waals surface area contributed by atoms with Crippen molar-refractivity contribution in [2.24, 2.45) is 7.05 Å². The number of aromatic nitrogens is 3. The van der Waals surface area contributed by atoms with Crippen molar-refractivity contribution < 1.29 is 24.6 Å². The Bertz CT molecular complexity index is 1310. The molecular formula is C23H19N3O5. The highest BCUT2D eigenvalue weighted by molar-refractivity contribution is 5.97. The maximum Gasteiger partial charge on any atom is 0.352 e. The SMILES string of the molecule is Cn1nc(C(=O)CCc2ccc(C(=O)O)cc2)cc1-c1ccc2[nH]c(C(=O)O)cc2c1. The fraction of sp³-hybridized carbons (Fsp3) is 0.130. The summed E-state index contributed by atoms with van der Waals surface area (Å²) in [5.74, 6) is -2.12. The first kappa shape index (κ1) is 20.1. The molecule has 0 aliphatic rings. The van der Waals surface area contributed by atoms with Gasteiger partial charge in [0.25, 0.3) is 0 Å². The Morgan fingerprint density at radius 2 is 1.71 bits per heavy atom. The molecule has 31 heavy (non-hydrogen) atoms. The van der Waals surface area contributed by atoms with Crippen molar-refractivity contribution in [2.45, 2.75) is 12.8 Å². The molecule has 8 heteroatoms. The van der Waals surface area contributed by atoms with Crippen molar-refractivity contribution in [3.8, 4) is 11.3 Å². The number of carbonyl (C=O) groups excluding carboxylic acids is 1. The quantitative estimate of drug-likeness (QED) is 0.393. The van der Waals surface area contributed by atoms with Crippen LogP contribution in [0.4, 0.5) is 0 Å². The number of fused-ring (bicyclic) bond motifs is 1. The molecule has 0 aliphatic carbocycles. The molecule has 0 unspecified atom stereocenters. The highest BCUT2D eigenvalue weighted by atomic mass is 16.4. The third-order valence-corrected chi connectivity index (χ3v) is 5.15. The lowest BCUT2D eigenvalue weighted by molar-refractivity contribution is 0.0683. The fourth-order valence-corrected chi connectivity index (χ4v) is 3.48. The number of hydrogen-bond acceptors (Lipinski definition) is 4. The second-order valence-corrected chi connectivity index (χ2v) is 7.25. The molecular weight excluding hydrogens is 398 g/mol. The van der Waals surface area contributed by atoms with Gasteiger partial charge < -0.3 is 15.2 Å². The van der Waals surface area contributed by atoms with Crippen molar-refractivity contribution in [2.75, 3.05) is 0 Å². The summed E-state index contributed by atoms with van der Waals surface area (Å²) in [7, 11) is 1.75. The van der Waals surface area contributed by atoms with Crippen LogP contribution in [0.5, 0.6) is 0 Å². The van der Waals surface area contributed by atoms with Gasteiger partial charge in [0.1, 0.15) is 11.4 Å². The van der Waals surface area contributed by atoms with E-state index >= 15 is 0 Å². The van der Waals surface area contributed by atoms with Crippen LogP contribution in [0.2, 0.25) is 0 Å². The van der Waals surface area contributed by atoms with Crippen LogP contribution in [-0.4, -0.2) is 42.7 Å². The molecule has 0 saturated heterocycles. The number of ketones is 1. The predicted octanol–water partition coefficient (Wildman–Crippen LogP) is 3.78. The van der Waals surface area contributed by atoms with Crippen LogP contribution in [-0.2, 0) is 13.5 Å². The molecule has 8 nitrogen and oxygen atoms in total. The largest absolute Gasteiger partial charge is 0.478 e. The summed E-state index contributed by atoms with van der Waals surface area (Å²) in [4.78, 5) is 37.6. The summed E-state index contributed by atoms with van der Waals surface area (Å²) < 4.78 is 1.63. The first-order valence-electron chi connectivity index (χ1n) is 9.58. The maximum atomic E-state index is 12.6. The van der Waals surface area contributed by atoms with Gasteiger partial charge in [-0.15, -0.1) is 0 Å². The molecule has 3 N–H and O–H groups in total. The van der Waals surface area contributed by atoms with E-state index in [9.17, 15) is 14.4 Å². The standard InChI is InChI=1S/C23H19N3O5/c1-26-20(15-7-8-17-16(10-15)11-19(24-17)23(30)31)12-18(25-26)21(27)9-4-13-2-5-14(6-3-13)22(28)29/h2-3,5-8,10-12,24H,4,9H2,1H3,(H,28,29)(H,30,31). The lowest BCUT2D eigenvalue weighted by atomic mass is 10.0. The normalized spacial score (nSPS) is 11.0. The Morgan fingerprint density at radius 1 is 0.968 bits per heavy atom. The summed E-state index contributed by atoms with van der Waals surface area (Å²) in [5, 5.41) is 23.2. The van der Waals surface area contributed by atoms with E-state index < -0.39 is 11.9 Å². The molecule has 0 saturated carbocycles. The molecule has 0 radical (unpaired) electrons. The Hall–Kier alpha value is -4.20. The zero-order valence-electron chi connectivity index (χ0n) is 16.6. The van der Waals surface area contributed by atoms with Crippen LogP contribution in [0.25, 0.3) is 22.2 Å².